The smallest absolute Gasteiger partial charge is 0.305 e. The summed E-state index contributed by atoms with van der Waals surface area (Å²) in [5, 5.41) is 12.4. The number of primary amides is 1. The van der Waals surface area contributed by atoms with Crippen molar-refractivity contribution in [3.05, 3.63) is 54.1 Å². The molecule has 1 aliphatic heterocycles. The highest BCUT2D eigenvalue weighted by molar-refractivity contribution is 7.92. The van der Waals surface area contributed by atoms with E-state index in [-0.39, 0.29) is 22.7 Å². The Hall–Kier alpha value is -3.11. The summed E-state index contributed by atoms with van der Waals surface area (Å²) < 4.78 is 33.5. The van der Waals surface area contributed by atoms with Gasteiger partial charge >= 0.3 is 5.97 Å². The molecular weight excluding hydrogens is 446 g/mol. The fraction of sp³-hybridized carbons (Fsp3) is 0.391. The van der Waals surface area contributed by atoms with Crippen LogP contribution in [0.15, 0.2) is 53.4 Å². The first-order valence-corrected chi connectivity index (χ1v) is 12.3. The second-order valence-corrected chi connectivity index (χ2v) is 9.77. The minimum Gasteiger partial charge on any atom is -0.494 e. The Bertz CT molecular complexity index is 1070. The molecule has 0 radical (unpaired) electrons. The molecule has 0 spiro atoms. The number of carboxylic acid groups (broad SMARTS) is 1. The first-order valence-electron chi connectivity index (χ1n) is 10.9. The third-order valence-electron chi connectivity index (χ3n) is 5.63. The number of carboxylic acids is 1. The zero-order valence-electron chi connectivity index (χ0n) is 18.3. The van der Waals surface area contributed by atoms with Gasteiger partial charge in [-0.25, -0.2) is 8.42 Å². The lowest BCUT2D eigenvalue weighted by atomic mass is 9.95. The van der Waals surface area contributed by atoms with Crippen LogP contribution in [-0.2, 0) is 14.8 Å². The number of hydrogen-bond acceptors (Lipinski definition) is 6. The molecule has 0 unspecified atom stereocenters. The molecular formula is C23H29N3O6S. The fourth-order valence-electron chi connectivity index (χ4n) is 3.82. The number of amides is 1. The molecule has 10 heteroatoms. The monoisotopic (exact) mass is 475 g/mol. The molecule has 0 atom stereocenters. The van der Waals surface area contributed by atoms with Gasteiger partial charge in [0.1, 0.15) is 5.75 Å². The number of nitrogens with two attached hydrogens (primary N) is 1. The molecule has 1 amide bonds. The quantitative estimate of drug-likeness (QED) is 0.453. The van der Waals surface area contributed by atoms with Crippen molar-refractivity contribution in [2.45, 2.75) is 30.6 Å². The van der Waals surface area contributed by atoms with Crippen LogP contribution in [0.1, 0.15) is 36.0 Å². The number of nitrogens with one attached hydrogen (secondary N) is 1. The lowest BCUT2D eigenvalue weighted by molar-refractivity contribution is -0.136. The van der Waals surface area contributed by atoms with Crippen molar-refractivity contribution in [1.82, 2.24) is 5.32 Å². The molecule has 1 heterocycles. The minimum atomic E-state index is -4.16. The van der Waals surface area contributed by atoms with E-state index in [0.29, 0.717) is 18.3 Å². The van der Waals surface area contributed by atoms with Gasteiger partial charge in [-0.1, -0.05) is 12.1 Å². The van der Waals surface area contributed by atoms with Gasteiger partial charge in [-0.15, -0.1) is 0 Å². The minimum absolute atomic E-state index is 0.00988. The first kappa shape index (κ1) is 24.5. The summed E-state index contributed by atoms with van der Waals surface area (Å²) in [6.45, 7) is 2.24. The average molecular weight is 476 g/mol. The number of rotatable bonds is 11. The third kappa shape index (κ3) is 6.45. The predicted molar refractivity (Wildman–Crippen MR) is 124 cm³/mol. The number of benzene rings is 2. The van der Waals surface area contributed by atoms with E-state index in [9.17, 15) is 18.0 Å². The highest BCUT2D eigenvalue weighted by Gasteiger charge is 2.28. The lowest BCUT2D eigenvalue weighted by Gasteiger charge is -2.25. The molecule has 2 aromatic rings. The summed E-state index contributed by atoms with van der Waals surface area (Å²) in [7, 11) is -4.16. The number of ether oxygens (including phenoxy) is 1. The van der Waals surface area contributed by atoms with Gasteiger partial charge in [0.15, 0.2) is 0 Å². The van der Waals surface area contributed by atoms with Crippen LogP contribution in [0, 0.1) is 5.92 Å². The summed E-state index contributed by atoms with van der Waals surface area (Å²) >= 11 is 0. The largest absolute Gasteiger partial charge is 0.494 e. The highest BCUT2D eigenvalue weighted by Crippen LogP contribution is 2.28. The standard InChI is InChI=1S/C23H29N3O6S/c24-23(29)20-3-1-2-4-21(20)26(15-11-22(27)28)33(30,31)19-7-5-18(6-8-19)32-16-12-17-9-13-25-14-10-17/h1-8,17,25H,9-16H2,(H2,24,29)(H,27,28). The molecule has 178 valence electrons. The Morgan fingerprint density at radius 2 is 1.76 bits per heavy atom. The van der Waals surface area contributed by atoms with Crippen LogP contribution in [0.5, 0.6) is 5.75 Å². The Morgan fingerprint density at radius 1 is 1.09 bits per heavy atom. The number of para-hydroxylation sites is 1. The molecule has 0 bridgehead atoms. The molecule has 2 aromatic carbocycles. The number of piperidine rings is 1. The normalized spacial score (nSPS) is 14.5. The number of aliphatic carboxylic acids is 1. The molecule has 0 aliphatic carbocycles. The first-order chi connectivity index (χ1) is 15.8. The maximum absolute atomic E-state index is 13.4. The van der Waals surface area contributed by atoms with Crippen molar-refractivity contribution < 1.29 is 27.9 Å². The Balaban J connectivity index is 1.78. The van der Waals surface area contributed by atoms with Crippen LogP contribution in [-0.4, -0.2) is 51.6 Å². The zero-order valence-corrected chi connectivity index (χ0v) is 19.1. The van der Waals surface area contributed by atoms with Crippen LogP contribution in [0.3, 0.4) is 0 Å². The van der Waals surface area contributed by atoms with Gasteiger partial charge in [-0.05, 0) is 74.7 Å². The molecule has 1 aliphatic rings. The summed E-state index contributed by atoms with van der Waals surface area (Å²) in [5.74, 6) is -0.792. The van der Waals surface area contributed by atoms with E-state index >= 15 is 0 Å². The molecule has 33 heavy (non-hydrogen) atoms. The highest BCUT2D eigenvalue weighted by atomic mass is 32.2. The average Bonchev–Trinajstić information content (AvgIpc) is 2.80. The zero-order chi connectivity index (χ0) is 23.8. The third-order valence-corrected chi connectivity index (χ3v) is 7.46. The Kier molecular flexibility index (Phi) is 8.29. The SMILES string of the molecule is NC(=O)c1ccccc1N(CCC(=O)O)S(=O)(=O)c1ccc(OCCC2CCNCC2)cc1. The van der Waals surface area contributed by atoms with Crippen LogP contribution in [0.4, 0.5) is 5.69 Å². The van der Waals surface area contributed by atoms with Gasteiger partial charge < -0.3 is 20.9 Å². The Labute approximate surface area is 193 Å². The second kappa shape index (κ2) is 11.2. The lowest BCUT2D eigenvalue weighted by Crippen LogP contribution is -2.34. The van der Waals surface area contributed by atoms with E-state index < -0.39 is 28.3 Å². The molecule has 1 saturated heterocycles. The number of nitrogens with zero attached hydrogens (tertiary/aromatic N) is 1. The van der Waals surface area contributed by atoms with E-state index in [1.54, 1.807) is 24.3 Å². The van der Waals surface area contributed by atoms with Gasteiger partial charge in [-0.2, -0.15) is 0 Å². The number of carbonyl (C=O) groups is 2. The topological polar surface area (TPSA) is 139 Å². The maximum atomic E-state index is 13.4. The van der Waals surface area contributed by atoms with Gasteiger partial charge in [0.2, 0.25) is 0 Å². The van der Waals surface area contributed by atoms with Gasteiger partial charge in [0.05, 0.1) is 29.2 Å². The summed E-state index contributed by atoms with van der Waals surface area (Å²) in [6, 6.07) is 11.9. The fourth-order valence-corrected chi connectivity index (χ4v) is 5.30. The van der Waals surface area contributed by atoms with Crippen molar-refractivity contribution in [2.24, 2.45) is 11.7 Å². The van der Waals surface area contributed by atoms with Crippen molar-refractivity contribution in [1.29, 1.82) is 0 Å². The molecule has 0 aromatic heterocycles. The van der Waals surface area contributed by atoms with Crippen LogP contribution < -0.4 is 20.1 Å². The van der Waals surface area contributed by atoms with Crippen molar-refractivity contribution in [2.75, 3.05) is 30.5 Å². The summed E-state index contributed by atoms with van der Waals surface area (Å²) in [4.78, 5) is 23.0. The molecule has 0 saturated carbocycles. The van der Waals surface area contributed by atoms with Crippen LogP contribution >= 0.6 is 0 Å². The van der Waals surface area contributed by atoms with Gasteiger partial charge in [-0.3, -0.25) is 13.9 Å². The predicted octanol–water partition coefficient (Wildman–Crippen LogP) is 2.22. The van der Waals surface area contributed by atoms with E-state index in [4.69, 9.17) is 15.6 Å². The number of hydrogen-bond donors (Lipinski definition) is 3. The van der Waals surface area contributed by atoms with Crippen molar-refractivity contribution >= 4 is 27.6 Å². The van der Waals surface area contributed by atoms with Gasteiger partial charge in [0.25, 0.3) is 15.9 Å². The van der Waals surface area contributed by atoms with Crippen molar-refractivity contribution in [3.8, 4) is 5.75 Å². The van der Waals surface area contributed by atoms with E-state index in [2.05, 4.69) is 5.32 Å². The Morgan fingerprint density at radius 3 is 2.39 bits per heavy atom. The molecule has 1 fully saturated rings. The molecule has 9 nitrogen and oxygen atoms in total. The van der Waals surface area contributed by atoms with Crippen molar-refractivity contribution in [3.63, 3.8) is 0 Å². The maximum Gasteiger partial charge on any atom is 0.305 e. The second-order valence-electron chi connectivity index (χ2n) is 7.90. The number of anilines is 1. The molecule has 3 rings (SSSR count). The summed E-state index contributed by atoms with van der Waals surface area (Å²) in [5.41, 5.74) is 5.44. The molecule has 4 N–H and O–H groups in total. The van der Waals surface area contributed by atoms with E-state index in [0.717, 1.165) is 36.7 Å². The van der Waals surface area contributed by atoms with Gasteiger partial charge in [0, 0.05) is 6.54 Å². The van der Waals surface area contributed by atoms with Crippen LogP contribution in [0.25, 0.3) is 0 Å². The van der Waals surface area contributed by atoms with E-state index in [1.165, 1.54) is 24.3 Å². The van der Waals surface area contributed by atoms with Crippen LogP contribution in [0.2, 0.25) is 0 Å². The number of sulfonamides is 1. The number of carbonyl (C=O) groups excluding carboxylic acids is 1. The summed E-state index contributed by atoms with van der Waals surface area (Å²) in [6.07, 6.45) is 2.75. The van der Waals surface area contributed by atoms with E-state index in [1.807, 2.05) is 0 Å².